The molecule has 0 aromatic rings. The molecule has 0 aliphatic rings. The van der Waals surface area contributed by atoms with Gasteiger partial charge >= 0.3 is 29.6 Å². The molecule has 3 nitrogen and oxygen atoms in total. The van der Waals surface area contributed by atoms with Gasteiger partial charge in [0, 0.05) is 0 Å². The maximum absolute atomic E-state index is 9.34. The Morgan fingerprint density at radius 1 is 0.875 bits per heavy atom. The molecule has 0 atom stereocenters. The van der Waals surface area contributed by atoms with Gasteiger partial charge in [-0.15, -0.1) is 10.1 Å². The summed E-state index contributed by atoms with van der Waals surface area (Å²) in [4.78, 5) is 28.0. The summed E-state index contributed by atoms with van der Waals surface area (Å²) >= 11 is 0. The molecule has 0 saturated carbocycles. The van der Waals surface area contributed by atoms with Crippen LogP contribution in [0.2, 0.25) is 0 Å². The zero-order valence-electron chi connectivity index (χ0n) is 10.2. The van der Waals surface area contributed by atoms with Gasteiger partial charge in [-0.25, -0.2) is 0 Å². The molecule has 6 heteroatoms. The van der Waals surface area contributed by atoms with Crippen LogP contribution in [0.5, 0.6) is 0 Å². The molecule has 0 fully saturated rings. The summed E-state index contributed by atoms with van der Waals surface area (Å²) in [7, 11) is -0.605. The van der Waals surface area contributed by atoms with Crippen molar-refractivity contribution in [2.45, 2.75) is 40.5 Å². The van der Waals surface area contributed by atoms with Gasteiger partial charge in [-0.3, -0.25) is 0 Å². The van der Waals surface area contributed by atoms with E-state index in [-0.39, 0.29) is 29.6 Å². The topological polar surface area (TPSA) is 60.7 Å². The van der Waals surface area contributed by atoms with Crippen molar-refractivity contribution in [1.82, 2.24) is 0 Å². The second-order valence-corrected chi connectivity index (χ2v) is 10.5. The van der Waals surface area contributed by atoms with E-state index in [4.69, 9.17) is 0 Å². The van der Waals surface area contributed by atoms with Crippen LogP contribution < -0.4 is 0 Å². The third-order valence-electron chi connectivity index (χ3n) is 2.21. The molecule has 0 aromatic heterocycles. The minimum atomic E-state index is -3.61. The molecular weight excluding hydrogens is 254 g/mol. The number of hydrogen-bond donors (Lipinski definition) is 3. The Labute approximate surface area is 124 Å². The second-order valence-electron chi connectivity index (χ2n) is 4.75. The molecule has 0 bridgehead atoms. The van der Waals surface area contributed by atoms with E-state index >= 15 is 0 Å². The molecular formula is C10H26NaO3PS. The Balaban J connectivity index is 0. The summed E-state index contributed by atoms with van der Waals surface area (Å²) in [6, 6.07) is 0. The summed E-state index contributed by atoms with van der Waals surface area (Å²) < 4.78 is 0. The minimum absolute atomic E-state index is 0. The predicted molar refractivity (Wildman–Crippen MR) is 76.7 cm³/mol. The molecule has 0 heterocycles. The number of hydrogen-bond acceptors (Lipinski definition) is 0. The van der Waals surface area contributed by atoms with E-state index < -0.39 is 16.8 Å². The van der Waals surface area contributed by atoms with Crippen molar-refractivity contribution in [2.75, 3.05) is 11.5 Å². The summed E-state index contributed by atoms with van der Waals surface area (Å²) in [6.07, 6.45) is 1.90. The second kappa shape index (κ2) is 9.57. The van der Waals surface area contributed by atoms with E-state index in [0.29, 0.717) is 11.8 Å². The van der Waals surface area contributed by atoms with Crippen LogP contribution in [0.4, 0.5) is 0 Å². The van der Waals surface area contributed by atoms with Crippen LogP contribution in [0.3, 0.4) is 0 Å². The molecule has 0 radical (unpaired) electrons. The van der Waals surface area contributed by atoms with Gasteiger partial charge in [0.1, 0.15) is 0 Å². The van der Waals surface area contributed by atoms with Gasteiger partial charge in [-0.1, -0.05) is 27.7 Å². The zero-order chi connectivity index (χ0) is 12.1. The molecule has 3 N–H and O–H groups in total. The molecule has 0 aliphatic heterocycles. The van der Waals surface area contributed by atoms with E-state index in [0.717, 1.165) is 24.3 Å². The van der Waals surface area contributed by atoms with E-state index in [1.165, 1.54) is 0 Å². The quantitative estimate of drug-likeness (QED) is 0.513. The first-order chi connectivity index (χ1) is 6.73. The Morgan fingerprint density at radius 3 is 1.38 bits per heavy atom. The zero-order valence-corrected chi connectivity index (χ0v) is 11.9. The van der Waals surface area contributed by atoms with Gasteiger partial charge in [0.2, 0.25) is 0 Å². The van der Waals surface area contributed by atoms with Gasteiger partial charge in [0.05, 0.1) is 0 Å². The van der Waals surface area contributed by atoms with E-state index in [2.05, 4.69) is 27.7 Å². The Kier molecular flexibility index (Phi) is 12.0. The van der Waals surface area contributed by atoms with Crippen LogP contribution >= 0.6 is 6.72 Å². The molecule has 0 aromatic carbocycles. The summed E-state index contributed by atoms with van der Waals surface area (Å²) in [6.45, 7) is 4.82. The molecule has 0 amide bonds. The van der Waals surface area contributed by atoms with Crippen LogP contribution in [0.15, 0.2) is 0 Å². The summed E-state index contributed by atoms with van der Waals surface area (Å²) in [5.74, 6) is 2.57. The average molecular weight is 280 g/mol. The van der Waals surface area contributed by atoms with Crippen molar-refractivity contribution < 1.29 is 14.7 Å². The normalized spacial score (nSPS) is 12.4. The fourth-order valence-corrected chi connectivity index (χ4v) is 5.37. The van der Waals surface area contributed by atoms with Crippen molar-refractivity contribution in [3.63, 3.8) is 0 Å². The van der Waals surface area contributed by atoms with Gasteiger partial charge in [0.25, 0.3) is 6.72 Å². The standard InChI is InChI=1S/C10H25O3PS.Na.H/c1-9(2)5-7-15(14(11,12)13)8-6-10(3)4;;/h9-13H,5-8H2,1-4H3;;. The monoisotopic (exact) mass is 280 g/mol. The third-order valence-corrected chi connectivity index (χ3v) is 7.49. The first-order valence-electron chi connectivity index (χ1n) is 5.49. The van der Waals surface area contributed by atoms with Crippen molar-refractivity contribution in [2.24, 2.45) is 11.8 Å². The van der Waals surface area contributed by atoms with Crippen LogP contribution in [0.1, 0.15) is 40.5 Å². The summed E-state index contributed by atoms with van der Waals surface area (Å²) in [5.41, 5.74) is 0. The maximum atomic E-state index is 9.34. The Bertz CT molecular complexity index is 216. The molecule has 0 unspecified atom stereocenters. The van der Waals surface area contributed by atoms with Crippen LogP contribution in [0.25, 0.3) is 0 Å². The van der Waals surface area contributed by atoms with Crippen molar-refractivity contribution in [3.8, 4) is 0 Å². The fraction of sp³-hybridized carbons (Fsp3) is 1.00. The third kappa shape index (κ3) is 10.8. The molecule has 0 aliphatic carbocycles. The fourth-order valence-electron chi connectivity index (χ4n) is 1.09. The summed E-state index contributed by atoms with van der Waals surface area (Å²) in [5, 5.41) is 0. The average Bonchev–Trinajstić information content (AvgIpc) is 2.00. The van der Waals surface area contributed by atoms with Gasteiger partial charge < -0.3 is 14.7 Å². The molecule has 0 rings (SSSR count). The van der Waals surface area contributed by atoms with Crippen molar-refractivity contribution in [3.05, 3.63) is 0 Å². The Hall–Kier alpha value is 1.66. The SMILES string of the molecule is CC(C)CCS(CCC(C)C)=P(O)(O)O.[NaH]. The van der Waals surface area contributed by atoms with E-state index in [9.17, 15) is 14.7 Å². The first-order valence-corrected chi connectivity index (χ1v) is 9.30. The van der Waals surface area contributed by atoms with Gasteiger partial charge in [-0.2, -0.15) is 0 Å². The van der Waals surface area contributed by atoms with E-state index in [1.54, 1.807) is 0 Å². The molecule has 96 valence electrons. The predicted octanol–water partition coefficient (Wildman–Crippen LogP) is 1.70. The van der Waals surface area contributed by atoms with Gasteiger partial charge in [0.15, 0.2) is 0 Å². The van der Waals surface area contributed by atoms with Crippen molar-refractivity contribution >= 4 is 46.3 Å². The molecule has 16 heavy (non-hydrogen) atoms. The van der Waals surface area contributed by atoms with E-state index in [1.807, 2.05) is 0 Å². The van der Waals surface area contributed by atoms with Crippen LogP contribution in [-0.2, 0) is 10.1 Å². The molecule has 0 saturated heterocycles. The Morgan fingerprint density at radius 2 is 1.19 bits per heavy atom. The number of rotatable bonds is 6. The van der Waals surface area contributed by atoms with Crippen LogP contribution in [-0.4, -0.2) is 55.7 Å². The van der Waals surface area contributed by atoms with Crippen LogP contribution in [0, 0.1) is 11.8 Å². The van der Waals surface area contributed by atoms with Crippen molar-refractivity contribution in [1.29, 1.82) is 0 Å². The first kappa shape index (κ1) is 20.0. The van der Waals surface area contributed by atoms with Gasteiger partial charge in [-0.05, 0) is 36.2 Å². The molecule has 0 spiro atoms.